The summed E-state index contributed by atoms with van der Waals surface area (Å²) < 4.78 is 0. The number of carbonyl (C=O) groups excluding carboxylic acids is 1. The van der Waals surface area contributed by atoms with Gasteiger partial charge in [0.2, 0.25) is 5.78 Å². The smallest absolute Gasteiger partial charge is 0.372 e. The Kier molecular flexibility index (Phi) is 6.91. The van der Waals surface area contributed by atoms with E-state index in [2.05, 4.69) is 0 Å². The molecule has 7 N–H and O–H groups in total. The van der Waals surface area contributed by atoms with Gasteiger partial charge in [-0.05, 0) is 0 Å². The van der Waals surface area contributed by atoms with Gasteiger partial charge in [0.1, 0.15) is 24.4 Å². The number of carboxylic acids is 1. The van der Waals surface area contributed by atoms with E-state index in [0.717, 1.165) is 0 Å². The predicted octanol–water partition coefficient (Wildman–Crippen LogP) is -4.17. The first-order chi connectivity index (χ1) is 8.22. The van der Waals surface area contributed by atoms with Crippen LogP contribution in [0.1, 0.15) is 6.42 Å². The van der Waals surface area contributed by atoms with Gasteiger partial charge in [-0.25, -0.2) is 4.79 Å². The lowest BCUT2D eigenvalue weighted by atomic mass is 9.97. The van der Waals surface area contributed by atoms with Gasteiger partial charge in [0.25, 0.3) is 0 Å². The third kappa shape index (κ3) is 4.64. The normalized spacial score (nSPS) is 19.7. The molecule has 0 bridgehead atoms. The molecular weight excluding hydrogens is 252 g/mol. The zero-order chi connectivity index (χ0) is 14.5. The Morgan fingerprint density at radius 2 is 1.28 bits per heavy atom. The molecule has 0 aliphatic rings. The van der Waals surface area contributed by atoms with Crippen molar-refractivity contribution in [1.82, 2.24) is 0 Å². The van der Waals surface area contributed by atoms with E-state index in [0.29, 0.717) is 0 Å². The number of hydrogen-bond donors (Lipinski definition) is 7. The Morgan fingerprint density at radius 3 is 1.67 bits per heavy atom. The van der Waals surface area contributed by atoms with Gasteiger partial charge in [0, 0.05) is 6.42 Å². The Labute approximate surface area is 102 Å². The topological polar surface area (TPSA) is 176 Å². The number of carboxylic acid groups (broad SMARTS) is 1. The first-order valence-electron chi connectivity index (χ1n) is 4.99. The Bertz CT molecular complexity index is 292. The summed E-state index contributed by atoms with van der Waals surface area (Å²) >= 11 is 0. The molecule has 0 saturated heterocycles. The molecule has 0 rings (SSSR count). The summed E-state index contributed by atoms with van der Waals surface area (Å²) in [5, 5.41) is 62.9. The average molecular weight is 268 g/mol. The van der Waals surface area contributed by atoms with Crippen LogP contribution in [0.15, 0.2) is 0 Å². The molecular formula is C9H16O9. The SMILES string of the molecule is O=C(O)C(=O)CC(O)[C@H](O)[C@H](O)[C@@H](O)[C@@H](O)CO. The molecule has 0 heterocycles. The maximum absolute atomic E-state index is 10.7. The van der Waals surface area contributed by atoms with Crippen LogP contribution in [0.5, 0.6) is 0 Å². The standard InChI is InChI=1S/C9H16O9/c10-2-5(13)7(15)8(16)6(14)3(11)1-4(12)9(17)18/h3,5-8,10-11,13-16H,1-2H2,(H,17,18)/t3?,5-,6-,7-,8-/m0/s1. The lowest BCUT2D eigenvalue weighted by Crippen LogP contribution is -2.50. The molecule has 18 heavy (non-hydrogen) atoms. The maximum Gasteiger partial charge on any atom is 0.372 e. The zero-order valence-electron chi connectivity index (χ0n) is 9.25. The zero-order valence-corrected chi connectivity index (χ0v) is 9.25. The monoisotopic (exact) mass is 268 g/mol. The minimum absolute atomic E-state index is 0.894. The van der Waals surface area contributed by atoms with Crippen molar-refractivity contribution in [2.24, 2.45) is 0 Å². The average Bonchev–Trinajstić information content (AvgIpc) is 2.34. The summed E-state index contributed by atoms with van der Waals surface area (Å²) in [4.78, 5) is 20.9. The van der Waals surface area contributed by atoms with E-state index in [1.165, 1.54) is 0 Å². The van der Waals surface area contributed by atoms with Crippen molar-refractivity contribution in [1.29, 1.82) is 0 Å². The number of aliphatic hydroxyl groups is 6. The van der Waals surface area contributed by atoms with Crippen LogP contribution in [0.2, 0.25) is 0 Å². The highest BCUT2D eigenvalue weighted by Crippen LogP contribution is 2.11. The number of aliphatic hydroxyl groups excluding tert-OH is 6. The molecule has 0 saturated carbocycles. The highest BCUT2D eigenvalue weighted by molar-refractivity contribution is 6.32. The van der Waals surface area contributed by atoms with E-state index in [1.54, 1.807) is 0 Å². The first kappa shape index (κ1) is 16.9. The fraction of sp³-hybridized carbons (Fsp3) is 0.778. The summed E-state index contributed by atoms with van der Waals surface area (Å²) in [6.45, 7) is -0.894. The number of carbonyl (C=O) groups is 2. The Hall–Kier alpha value is -1.10. The van der Waals surface area contributed by atoms with Gasteiger partial charge < -0.3 is 35.7 Å². The van der Waals surface area contributed by atoms with Gasteiger partial charge in [0.15, 0.2) is 0 Å². The molecule has 0 radical (unpaired) electrons. The third-order valence-corrected chi connectivity index (χ3v) is 2.31. The van der Waals surface area contributed by atoms with Crippen LogP contribution < -0.4 is 0 Å². The number of aliphatic carboxylic acids is 1. The largest absolute Gasteiger partial charge is 0.475 e. The van der Waals surface area contributed by atoms with Crippen LogP contribution >= 0.6 is 0 Å². The number of rotatable bonds is 8. The van der Waals surface area contributed by atoms with E-state index < -0.39 is 55.3 Å². The van der Waals surface area contributed by atoms with Gasteiger partial charge in [-0.1, -0.05) is 0 Å². The second-order valence-corrected chi connectivity index (χ2v) is 3.72. The van der Waals surface area contributed by atoms with Crippen molar-refractivity contribution < 1.29 is 45.3 Å². The summed E-state index contributed by atoms with van der Waals surface area (Å²) in [6, 6.07) is 0. The van der Waals surface area contributed by atoms with E-state index in [9.17, 15) is 30.0 Å². The molecule has 0 aromatic heterocycles. The van der Waals surface area contributed by atoms with Gasteiger partial charge in [-0.3, -0.25) is 4.79 Å². The molecule has 0 aromatic carbocycles. The van der Waals surface area contributed by atoms with Gasteiger partial charge in [0.05, 0.1) is 12.7 Å². The molecule has 0 aromatic rings. The summed E-state index contributed by atoms with van der Waals surface area (Å²) in [7, 11) is 0. The van der Waals surface area contributed by atoms with Crippen LogP contribution in [0.25, 0.3) is 0 Å². The molecule has 0 amide bonds. The molecule has 9 heteroatoms. The predicted molar refractivity (Wildman–Crippen MR) is 54.4 cm³/mol. The van der Waals surface area contributed by atoms with Crippen molar-refractivity contribution >= 4 is 11.8 Å². The van der Waals surface area contributed by atoms with E-state index >= 15 is 0 Å². The summed E-state index contributed by atoms with van der Waals surface area (Å²) in [5.41, 5.74) is 0. The fourth-order valence-corrected chi connectivity index (χ4v) is 1.16. The van der Waals surface area contributed by atoms with E-state index in [4.69, 9.17) is 15.3 Å². The van der Waals surface area contributed by atoms with Crippen molar-refractivity contribution in [3.05, 3.63) is 0 Å². The second-order valence-electron chi connectivity index (χ2n) is 3.72. The molecule has 9 nitrogen and oxygen atoms in total. The van der Waals surface area contributed by atoms with Crippen LogP contribution in [0.3, 0.4) is 0 Å². The van der Waals surface area contributed by atoms with Crippen LogP contribution in [0, 0.1) is 0 Å². The van der Waals surface area contributed by atoms with Crippen molar-refractivity contribution in [2.45, 2.75) is 36.9 Å². The molecule has 1 unspecified atom stereocenters. The van der Waals surface area contributed by atoms with Crippen molar-refractivity contribution in [3.63, 3.8) is 0 Å². The van der Waals surface area contributed by atoms with Gasteiger partial charge >= 0.3 is 5.97 Å². The van der Waals surface area contributed by atoms with Crippen LogP contribution in [0.4, 0.5) is 0 Å². The number of Topliss-reactive ketones (excluding diaryl/α,β-unsaturated/α-hetero) is 1. The Balaban J connectivity index is 4.49. The van der Waals surface area contributed by atoms with Crippen LogP contribution in [-0.4, -0.2) is 84.6 Å². The third-order valence-electron chi connectivity index (χ3n) is 2.31. The van der Waals surface area contributed by atoms with E-state index in [-0.39, 0.29) is 0 Å². The van der Waals surface area contributed by atoms with Gasteiger partial charge in [-0.15, -0.1) is 0 Å². The van der Waals surface area contributed by atoms with Crippen LogP contribution in [-0.2, 0) is 9.59 Å². The molecule has 5 atom stereocenters. The summed E-state index contributed by atoms with van der Waals surface area (Å²) in [5.74, 6) is -3.20. The number of ketones is 1. The quantitative estimate of drug-likeness (QED) is 0.215. The molecule has 0 aliphatic carbocycles. The Morgan fingerprint density at radius 1 is 0.833 bits per heavy atom. The highest BCUT2D eigenvalue weighted by atomic mass is 16.4. The minimum Gasteiger partial charge on any atom is -0.475 e. The minimum atomic E-state index is -2.05. The maximum atomic E-state index is 10.7. The molecule has 106 valence electrons. The molecule has 0 spiro atoms. The number of hydrogen-bond acceptors (Lipinski definition) is 8. The van der Waals surface area contributed by atoms with Crippen molar-refractivity contribution in [2.75, 3.05) is 6.61 Å². The second kappa shape index (κ2) is 7.36. The fourth-order valence-electron chi connectivity index (χ4n) is 1.16. The molecule has 0 aliphatic heterocycles. The van der Waals surface area contributed by atoms with Crippen molar-refractivity contribution in [3.8, 4) is 0 Å². The summed E-state index contributed by atoms with van der Waals surface area (Å²) in [6.07, 6.45) is -10.7. The molecule has 0 fully saturated rings. The van der Waals surface area contributed by atoms with Gasteiger partial charge in [-0.2, -0.15) is 0 Å². The highest BCUT2D eigenvalue weighted by Gasteiger charge is 2.35. The lowest BCUT2D eigenvalue weighted by Gasteiger charge is -2.28. The van der Waals surface area contributed by atoms with E-state index in [1.807, 2.05) is 0 Å². The first-order valence-corrected chi connectivity index (χ1v) is 4.99. The lowest BCUT2D eigenvalue weighted by molar-refractivity contribution is -0.155.